The lowest BCUT2D eigenvalue weighted by molar-refractivity contribution is -0.133. The first-order valence-corrected chi connectivity index (χ1v) is 9.27. The number of hydrogen-bond acceptors (Lipinski definition) is 6. The number of nitrogens with zero attached hydrogens (tertiary/aromatic N) is 6. The van der Waals surface area contributed by atoms with Crippen LogP contribution in [0.15, 0.2) is 6.33 Å². The Bertz CT molecular complexity index is 804. The van der Waals surface area contributed by atoms with E-state index in [4.69, 9.17) is 0 Å². The zero-order valence-corrected chi connectivity index (χ0v) is 16.4. The molecule has 2 aromatic rings. The summed E-state index contributed by atoms with van der Waals surface area (Å²) in [7, 11) is 0. The summed E-state index contributed by atoms with van der Waals surface area (Å²) in [5.74, 6) is 0.977. The molecule has 1 aliphatic heterocycles. The summed E-state index contributed by atoms with van der Waals surface area (Å²) in [6, 6.07) is -0.0866. The fraction of sp³-hybridized carbons (Fsp3) is 0.611. The van der Waals surface area contributed by atoms with Crippen molar-refractivity contribution in [1.29, 1.82) is 0 Å². The molecule has 9 nitrogen and oxygen atoms in total. The second kappa shape index (κ2) is 7.99. The molecule has 1 saturated heterocycles. The number of aromatic amines is 1. The van der Waals surface area contributed by atoms with Crippen LogP contribution in [-0.4, -0.2) is 72.6 Å². The minimum Gasteiger partial charge on any atom is -0.340 e. The Kier molecular flexibility index (Phi) is 5.69. The summed E-state index contributed by atoms with van der Waals surface area (Å²) in [6.07, 6.45) is 1.88. The van der Waals surface area contributed by atoms with Crippen molar-refractivity contribution in [3.8, 4) is 0 Å². The van der Waals surface area contributed by atoms with Gasteiger partial charge in [-0.15, -0.1) is 0 Å². The molecule has 1 atom stereocenters. The van der Waals surface area contributed by atoms with Crippen molar-refractivity contribution < 1.29 is 9.59 Å². The Balaban J connectivity index is 1.55. The average molecular weight is 373 g/mol. The van der Waals surface area contributed by atoms with Crippen molar-refractivity contribution in [3.63, 3.8) is 0 Å². The van der Waals surface area contributed by atoms with Crippen molar-refractivity contribution in [2.75, 3.05) is 26.2 Å². The van der Waals surface area contributed by atoms with Gasteiger partial charge in [-0.1, -0.05) is 0 Å². The number of Topliss-reactive ketones (excluding diaryl/α,β-unsaturated/α-hetero) is 1. The molecule has 27 heavy (non-hydrogen) atoms. The van der Waals surface area contributed by atoms with Crippen LogP contribution in [0.1, 0.15) is 53.9 Å². The van der Waals surface area contributed by atoms with Crippen LogP contribution in [0.3, 0.4) is 0 Å². The van der Waals surface area contributed by atoms with Gasteiger partial charge in [-0.25, -0.2) is 4.98 Å². The molecule has 1 aliphatic rings. The lowest BCUT2D eigenvalue weighted by atomic mass is 10.1. The van der Waals surface area contributed by atoms with Crippen molar-refractivity contribution in [2.24, 2.45) is 0 Å². The summed E-state index contributed by atoms with van der Waals surface area (Å²) in [4.78, 5) is 32.8. The van der Waals surface area contributed by atoms with Gasteiger partial charge in [0.05, 0.1) is 23.8 Å². The van der Waals surface area contributed by atoms with E-state index in [1.54, 1.807) is 6.92 Å². The third kappa shape index (κ3) is 4.24. The molecule has 146 valence electrons. The average Bonchev–Trinajstić information content (AvgIpc) is 3.22. The van der Waals surface area contributed by atoms with E-state index in [2.05, 4.69) is 25.2 Å². The van der Waals surface area contributed by atoms with Gasteiger partial charge in [0.15, 0.2) is 5.78 Å². The van der Waals surface area contributed by atoms with E-state index in [1.807, 2.05) is 30.4 Å². The minimum atomic E-state index is -0.0866. The maximum Gasteiger partial charge on any atom is 0.224 e. The Hall–Kier alpha value is -2.55. The summed E-state index contributed by atoms with van der Waals surface area (Å²) < 4.78 is 1.81. The van der Waals surface area contributed by atoms with Gasteiger partial charge >= 0.3 is 0 Å². The second-order valence-electron chi connectivity index (χ2n) is 7.19. The van der Waals surface area contributed by atoms with E-state index in [1.165, 1.54) is 6.33 Å². The molecule has 2 aromatic heterocycles. The molecule has 0 bridgehead atoms. The molecule has 3 heterocycles. The lowest BCUT2D eigenvalue weighted by Gasteiger charge is -2.34. The fourth-order valence-electron chi connectivity index (χ4n) is 3.74. The van der Waals surface area contributed by atoms with E-state index in [0.29, 0.717) is 25.1 Å². The number of H-pyrrole nitrogens is 1. The minimum absolute atomic E-state index is 0.0117. The monoisotopic (exact) mass is 373 g/mol. The normalized spacial score (nSPS) is 16.5. The van der Waals surface area contributed by atoms with Crippen LogP contribution in [0.2, 0.25) is 0 Å². The van der Waals surface area contributed by atoms with Crippen LogP contribution in [-0.2, 0) is 11.3 Å². The Morgan fingerprint density at radius 1 is 1.22 bits per heavy atom. The van der Waals surface area contributed by atoms with Crippen molar-refractivity contribution in [3.05, 3.63) is 29.1 Å². The molecule has 0 spiro atoms. The lowest BCUT2D eigenvalue weighted by Crippen LogP contribution is -2.48. The van der Waals surface area contributed by atoms with Gasteiger partial charge in [0.1, 0.15) is 12.2 Å². The van der Waals surface area contributed by atoms with E-state index in [9.17, 15) is 9.59 Å². The van der Waals surface area contributed by atoms with Gasteiger partial charge in [0.25, 0.3) is 0 Å². The van der Waals surface area contributed by atoms with E-state index >= 15 is 0 Å². The molecule has 0 aromatic carbocycles. The van der Waals surface area contributed by atoms with Gasteiger partial charge in [0.2, 0.25) is 5.91 Å². The molecular formula is C18H27N7O2. The molecule has 1 fully saturated rings. The van der Waals surface area contributed by atoms with Crippen LogP contribution in [0, 0.1) is 13.8 Å². The topological polar surface area (TPSA) is 100 Å². The Morgan fingerprint density at radius 3 is 2.48 bits per heavy atom. The predicted molar refractivity (Wildman–Crippen MR) is 99.3 cm³/mol. The Morgan fingerprint density at radius 2 is 1.93 bits per heavy atom. The number of hydrogen-bond donors (Lipinski definition) is 1. The number of aromatic nitrogens is 5. The van der Waals surface area contributed by atoms with Crippen LogP contribution >= 0.6 is 0 Å². The molecular weight excluding hydrogens is 346 g/mol. The van der Waals surface area contributed by atoms with Crippen LogP contribution in [0.5, 0.6) is 0 Å². The largest absolute Gasteiger partial charge is 0.340 e. The van der Waals surface area contributed by atoms with E-state index < -0.39 is 0 Å². The van der Waals surface area contributed by atoms with Gasteiger partial charge < -0.3 is 4.90 Å². The predicted octanol–water partition coefficient (Wildman–Crippen LogP) is 1.12. The van der Waals surface area contributed by atoms with Gasteiger partial charge in [0, 0.05) is 38.3 Å². The number of carbonyl (C=O) groups excluding carboxylic acids is 2. The highest BCUT2D eigenvalue weighted by atomic mass is 16.2. The number of ketones is 1. The van der Waals surface area contributed by atoms with E-state index in [-0.39, 0.29) is 17.7 Å². The molecule has 0 aliphatic carbocycles. The molecule has 0 saturated carbocycles. The summed E-state index contributed by atoms with van der Waals surface area (Å²) in [6.45, 7) is 11.0. The first-order chi connectivity index (χ1) is 12.9. The SMILES string of the molecule is CC(=O)c1c(C)nn([C@H](C)CC(=O)N2CCN(Cc3ncn[nH]3)CC2)c1C. The number of rotatable bonds is 6. The number of amides is 1. The summed E-state index contributed by atoms with van der Waals surface area (Å²) in [5, 5.41) is 11.2. The Labute approximate surface area is 158 Å². The maximum atomic E-state index is 12.7. The molecule has 1 amide bonds. The van der Waals surface area contributed by atoms with Crippen LogP contribution < -0.4 is 0 Å². The maximum absolute atomic E-state index is 12.7. The highest BCUT2D eigenvalue weighted by Crippen LogP contribution is 2.21. The quantitative estimate of drug-likeness (QED) is 0.762. The van der Waals surface area contributed by atoms with Crippen molar-refractivity contribution >= 4 is 11.7 Å². The number of piperazine rings is 1. The number of carbonyl (C=O) groups is 2. The van der Waals surface area contributed by atoms with Crippen LogP contribution in [0.4, 0.5) is 0 Å². The number of nitrogens with one attached hydrogen (secondary N) is 1. The fourth-order valence-corrected chi connectivity index (χ4v) is 3.74. The summed E-state index contributed by atoms with van der Waals surface area (Å²) >= 11 is 0. The second-order valence-corrected chi connectivity index (χ2v) is 7.19. The molecule has 0 unspecified atom stereocenters. The van der Waals surface area contributed by atoms with Gasteiger partial charge in [-0.3, -0.25) is 24.3 Å². The third-order valence-electron chi connectivity index (χ3n) is 5.13. The first kappa shape index (κ1) is 19.2. The van der Waals surface area contributed by atoms with Crippen molar-refractivity contribution in [2.45, 2.75) is 46.7 Å². The standard InChI is InChI=1S/C18H27N7O2/c1-12(25-14(3)18(15(4)26)13(2)22-25)9-17(27)24-7-5-23(6-8-24)10-16-19-11-20-21-16/h11-12H,5-10H2,1-4H3,(H,19,20,21)/t12-/m1/s1. The third-order valence-corrected chi connectivity index (χ3v) is 5.13. The highest BCUT2D eigenvalue weighted by Gasteiger charge is 2.25. The van der Waals surface area contributed by atoms with E-state index in [0.717, 1.165) is 36.8 Å². The number of aryl methyl sites for hydroxylation is 1. The molecule has 1 N–H and O–H groups in total. The van der Waals surface area contributed by atoms with Gasteiger partial charge in [-0.05, 0) is 27.7 Å². The van der Waals surface area contributed by atoms with Crippen LogP contribution in [0.25, 0.3) is 0 Å². The highest BCUT2D eigenvalue weighted by molar-refractivity contribution is 5.96. The molecule has 3 rings (SSSR count). The van der Waals surface area contributed by atoms with Gasteiger partial charge in [-0.2, -0.15) is 10.2 Å². The molecule has 9 heteroatoms. The smallest absolute Gasteiger partial charge is 0.224 e. The summed E-state index contributed by atoms with van der Waals surface area (Å²) in [5.41, 5.74) is 2.22. The zero-order chi connectivity index (χ0) is 19.6. The zero-order valence-electron chi connectivity index (χ0n) is 16.4. The first-order valence-electron chi connectivity index (χ1n) is 9.27. The van der Waals surface area contributed by atoms with Crippen molar-refractivity contribution in [1.82, 2.24) is 34.8 Å². The molecule has 0 radical (unpaired) electrons.